The summed E-state index contributed by atoms with van der Waals surface area (Å²) in [4.78, 5) is 37.4. The van der Waals surface area contributed by atoms with Crippen LogP contribution in [-0.4, -0.2) is 30.4 Å². The first-order valence-corrected chi connectivity index (χ1v) is 8.46. The van der Waals surface area contributed by atoms with Gasteiger partial charge in [0.1, 0.15) is 23.7 Å². The summed E-state index contributed by atoms with van der Waals surface area (Å²) in [5, 5.41) is 2.24. The number of ether oxygens (including phenoxy) is 1. The van der Waals surface area contributed by atoms with Gasteiger partial charge < -0.3 is 10.1 Å². The van der Waals surface area contributed by atoms with Crippen LogP contribution >= 0.6 is 0 Å². The van der Waals surface area contributed by atoms with E-state index < -0.39 is 59.4 Å². The minimum Gasteiger partial charge on any atom is -0.449 e. The maximum Gasteiger partial charge on any atom is 0.416 e. The molecule has 1 N–H and O–H groups in total. The van der Waals surface area contributed by atoms with E-state index in [2.05, 4.69) is 5.32 Å². The number of carbonyl (C=O) groups excluding carboxylic acids is 3. The van der Waals surface area contributed by atoms with Gasteiger partial charge in [-0.05, 0) is 37.3 Å². The third-order valence-corrected chi connectivity index (χ3v) is 4.25. The Bertz CT molecular complexity index is 1020. The first kappa shape index (κ1) is 21.2. The molecule has 0 saturated carbocycles. The number of rotatable bonds is 3. The monoisotopic (exact) mass is 428 g/mol. The van der Waals surface area contributed by atoms with E-state index in [1.165, 1.54) is 0 Å². The van der Waals surface area contributed by atoms with E-state index in [9.17, 15) is 36.3 Å². The van der Waals surface area contributed by atoms with Crippen molar-refractivity contribution in [2.24, 2.45) is 0 Å². The van der Waals surface area contributed by atoms with Crippen LogP contribution < -0.4 is 10.2 Å². The molecule has 11 heteroatoms. The van der Waals surface area contributed by atoms with Crippen LogP contribution in [0.1, 0.15) is 22.8 Å². The average molecular weight is 428 g/mol. The van der Waals surface area contributed by atoms with Gasteiger partial charge in [0.15, 0.2) is 6.10 Å². The average Bonchev–Trinajstić information content (AvgIpc) is 2.65. The molecule has 30 heavy (non-hydrogen) atoms. The minimum absolute atomic E-state index is 0.0485. The lowest BCUT2D eigenvalue weighted by molar-refractivity contribution is -0.137. The lowest BCUT2D eigenvalue weighted by atomic mass is 10.1. The van der Waals surface area contributed by atoms with E-state index in [1.807, 2.05) is 0 Å². The van der Waals surface area contributed by atoms with Gasteiger partial charge in [-0.2, -0.15) is 13.2 Å². The summed E-state index contributed by atoms with van der Waals surface area (Å²) in [5.41, 5.74) is -2.34. The fourth-order valence-corrected chi connectivity index (χ4v) is 2.85. The Balaban J connectivity index is 1.85. The highest BCUT2D eigenvalue weighted by molar-refractivity contribution is 6.11. The van der Waals surface area contributed by atoms with Crippen molar-refractivity contribution in [1.82, 2.24) is 0 Å². The van der Waals surface area contributed by atoms with Crippen molar-refractivity contribution in [3.63, 3.8) is 0 Å². The van der Waals surface area contributed by atoms with E-state index in [4.69, 9.17) is 4.74 Å². The van der Waals surface area contributed by atoms with Gasteiger partial charge in [0.25, 0.3) is 5.91 Å². The summed E-state index contributed by atoms with van der Waals surface area (Å²) < 4.78 is 70.9. The third-order valence-electron chi connectivity index (χ3n) is 4.25. The number of nitrogens with zero attached hydrogens (tertiary/aromatic N) is 1. The topological polar surface area (TPSA) is 75.7 Å². The minimum atomic E-state index is -4.67. The first-order valence-electron chi connectivity index (χ1n) is 8.46. The highest BCUT2D eigenvalue weighted by Gasteiger charge is 2.36. The number of hydrogen-bond acceptors (Lipinski definition) is 4. The van der Waals surface area contributed by atoms with E-state index in [-0.39, 0.29) is 11.4 Å². The Morgan fingerprint density at radius 1 is 1.13 bits per heavy atom. The molecule has 0 aromatic heterocycles. The lowest BCUT2D eigenvalue weighted by Gasteiger charge is -2.31. The Labute approximate surface area is 166 Å². The second-order valence-electron chi connectivity index (χ2n) is 6.35. The van der Waals surface area contributed by atoms with Gasteiger partial charge in [-0.15, -0.1) is 0 Å². The summed E-state index contributed by atoms with van der Waals surface area (Å²) in [6.07, 6.45) is -6.25. The van der Waals surface area contributed by atoms with Crippen molar-refractivity contribution in [1.29, 1.82) is 0 Å². The molecule has 1 aliphatic heterocycles. The third kappa shape index (κ3) is 4.09. The Morgan fingerprint density at radius 2 is 1.77 bits per heavy atom. The van der Waals surface area contributed by atoms with Gasteiger partial charge in [0, 0.05) is 0 Å². The number of halogens is 5. The van der Waals surface area contributed by atoms with Gasteiger partial charge in [-0.1, -0.05) is 6.07 Å². The fourth-order valence-electron chi connectivity index (χ4n) is 2.85. The largest absolute Gasteiger partial charge is 0.449 e. The molecule has 3 rings (SSSR count). The van der Waals surface area contributed by atoms with Gasteiger partial charge in [-0.25, -0.2) is 13.6 Å². The van der Waals surface area contributed by atoms with Gasteiger partial charge in [-0.3, -0.25) is 14.5 Å². The van der Waals surface area contributed by atoms with Crippen LogP contribution in [0.4, 0.5) is 33.3 Å². The van der Waals surface area contributed by atoms with Crippen LogP contribution in [0.15, 0.2) is 36.4 Å². The summed E-state index contributed by atoms with van der Waals surface area (Å²) in [7, 11) is 0. The quantitative estimate of drug-likeness (QED) is 0.600. The lowest BCUT2D eigenvalue weighted by Crippen LogP contribution is -2.47. The molecule has 0 radical (unpaired) electrons. The second-order valence-corrected chi connectivity index (χ2v) is 6.35. The van der Waals surface area contributed by atoms with E-state index in [0.717, 1.165) is 42.2 Å². The highest BCUT2D eigenvalue weighted by atomic mass is 19.4. The molecule has 2 aromatic rings. The summed E-state index contributed by atoms with van der Waals surface area (Å²) in [6, 6.07) is 5.07. The molecule has 1 atom stereocenters. The smallest absolute Gasteiger partial charge is 0.416 e. The molecule has 2 amide bonds. The molecular weight excluding hydrogens is 415 g/mol. The number of esters is 1. The molecule has 1 unspecified atom stereocenters. The molecule has 0 bridgehead atoms. The molecule has 1 aliphatic rings. The zero-order valence-electron chi connectivity index (χ0n) is 15.2. The van der Waals surface area contributed by atoms with Crippen LogP contribution in [-0.2, 0) is 20.5 Å². The molecule has 158 valence electrons. The molecule has 0 aliphatic carbocycles. The molecule has 2 aromatic carbocycles. The van der Waals surface area contributed by atoms with Crippen molar-refractivity contribution < 1.29 is 41.1 Å². The fraction of sp³-hybridized carbons (Fsp3) is 0.211. The van der Waals surface area contributed by atoms with Crippen LogP contribution in [0.2, 0.25) is 0 Å². The number of fused-ring (bicyclic) bond motifs is 1. The Hall–Kier alpha value is -3.50. The molecule has 0 spiro atoms. The number of alkyl halides is 3. The number of carbonyl (C=O) groups is 3. The highest BCUT2D eigenvalue weighted by Crippen LogP contribution is 2.37. The van der Waals surface area contributed by atoms with E-state index in [1.54, 1.807) is 0 Å². The van der Waals surface area contributed by atoms with Crippen molar-refractivity contribution in [3.05, 3.63) is 59.2 Å². The normalized spacial score (nSPS) is 14.6. The Kier molecular flexibility index (Phi) is 5.47. The van der Waals surface area contributed by atoms with Crippen molar-refractivity contribution in [3.8, 4) is 0 Å². The number of anilines is 2. The number of nitrogens with one attached hydrogen (secondary N) is 1. The molecule has 1 heterocycles. The van der Waals surface area contributed by atoms with Crippen LogP contribution in [0, 0.1) is 11.6 Å². The van der Waals surface area contributed by atoms with Gasteiger partial charge >= 0.3 is 12.1 Å². The van der Waals surface area contributed by atoms with Crippen molar-refractivity contribution >= 4 is 29.2 Å². The SMILES string of the molecule is CC(OC(=O)c1c(F)cccc1F)C(=O)N1CC(=O)Nc2cc(C(F)(F)F)ccc21. The predicted molar refractivity (Wildman–Crippen MR) is 93.7 cm³/mol. The van der Waals surface area contributed by atoms with Gasteiger partial charge in [0.2, 0.25) is 5.91 Å². The zero-order chi connectivity index (χ0) is 22.2. The second kappa shape index (κ2) is 7.73. The van der Waals surface area contributed by atoms with Crippen molar-refractivity contribution in [2.75, 3.05) is 16.8 Å². The van der Waals surface area contributed by atoms with Crippen LogP contribution in [0.5, 0.6) is 0 Å². The number of amides is 2. The number of benzene rings is 2. The number of hydrogen-bond donors (Lipinski definition) is 1. The van der Waals surface area contributed by atoms with Crippen molar-refractivity contribution in [2.45, 2.75) is 19.2 Å². The molecule has 6 nitrogen and oxygen atoms in total. The standard InChI is InChI=1S/C19H13F5N2O4/c1-9(30-18(29)16-11(20)3-2-4-12(16)21)17(28)26-8-15(27)25-13-7-10(19(22,23)24)5-6-14(13)26/h2-7,9H,8H2,1H3,(H,25,27). The molecule has 0 saturated heterocycles. The van der Waals surface area contributed by atoms with Crippen LogP contribution in [0.25, 0.3) is 0 Å². The van der Waals surface area contributed by atoms with E-state index in [0.29, 0.717) is 6.07 Å². The summed E-state index contributed by atoms with van der Waals surface area (Å²) >= 11 is 0. The predicted octanol–water partition coefficient (Wildman–Crippen LogP) is 3.51. The molecular formula is C19H13F5N2O4. The van der Waals surface area contributed by atoms with Crippen LogP contribution in [0.3, 0.4) is 0 Å². The summed E-state index contributed by atoms with van der Waals surface area (Å²) in [6.45, 7) is 0.558. The van der Waals surface area contributed by atoms with E-state index >= 15 is 0 Å². The summed E-state index contributed by atoms with van der Waals surface area (Å²) in [5.74, 6) is -5.56. The Morgan fingerprint density at radius 3 is 2.37 bits per heavy atom. The molecule has 0 fully saturated rings. The maximum absolute atomic E-state index is 13.7. The maximum atomic E-state index is 13.7. The first-order chi connectivity index (χ1) is 14.0. The zero-order valence-corrected chi connectivity index (χ0v) is 15.2. The van der Waals surface area contributed by atoms with Gasteiger partial charge in [0.05, 0.1) is 16.9 Å².